The van der Waals surface area contributed by atoms with E-state index in [1.165, 1.54) is 17.1 Å². The summed E-state index contributed by atoms with van der Waals surface area (Å²) in [5.74, 6) is 6.94. The predicted molar refractivity (Wildman–Crippen MR) is 127 cm³/mol. The van der Waals surface area contributed by atoms with Crippen LogP contribution in [-0.4, -0.2) is 67.5 Å². The second-order valence-corrected chi connectivity index (χ2v) is 11.1. The van der Waals surface area contributed by atoms with Crippen LogP contribution >= 0.6 is 0 Å². The minimum atomic E-state index is -3.89. The number of rotatable bonds is 5. The Morgan fingerprint density at radius 2 is 2.03 bits per heavy atom. The molecular weight excluding hydrogens is 440 g/mol. The number of hydrogen-bond acceptors (Lipinski definition) is 5. The number of hydrogen-bond donors (Lipinski definition) is 1. The average molecular weight is 477 g/mol. The molecule has 3 atom stereocenters. The molecule has 1 heterocycles. The van der Waals surface area contributed by atoms with Crippen LogP contribution < -0.4 is 4.74 Å². The third-order valence-electron chi connectivity index (χ3n) is 6.62. The van der Waals surface area contributed by atoms with E-state index >= 15 is 0 Å². The third-order valence-corrected chi connectivity index (χ3v) is 8.64. The number of likely N-dealkylation sites (N-methyl/N-ethyl adjacent to an activating group) is 1. The van der Waals surface area contributed by atoms with Gasteiger partial charge >= 0.3 is 0 Å². The first-order chi connectivity index (χ1) is 15.7. The number of carbonyl (C=O) groups excluding carboxylic acids is 1. The molecule has 1 N–H and O–H groups in total. The molecule has 7 nitrogen and oxygen atoms in total. The molecule has 1 aromatic carbocycles. The lowest BCUT2D eigenvalue weighted by molar-refractivity contribution is -0.131. The first kappa shape index (κ1) is 25.5. The molecule has 1 amide bonds. The predicted octanol–water partition coefficient (Wildman–Crippen LogP) is 2.87. The molecule has 1 saturated carbocycles. The van der Waals surface area contributed by atoms with Crippen LogP contribution in [0, 0.1) is 23.7 Å². The van der Waals surface area contributed by atoms with Gasteiger partial charge in [0.2, 0.25) is 15.9 Å². The van der Waals surface area contributed by atoms with E-state index in [0.29, 0.717) is 24.4 Å². The highest BCUT2D eigenvalue weighted by atomic mass is 32.2. The topological polar surface area (TPSA) is 87.2 Å². The third kappa shape index (κ3) is 5.89. The van der Waals surface area contributed by atoms with Gasteiger partial charge in [0.1, 0.15) is 16.7 Å². The van der Waals surface area contributed by atoms with Gasteiger partial charge in [0.25, 0.3) is 0 Å². The molecule has 1 fully saturated rings. The quantitative estimate of drug-likeness (QED) is 0.661. The highest BCUT2D eigenvalue weighted by Crippen LogP contribution is 2.34. The Morgan fingerprint density at radius 3 is 2.67 bits per heavy atom. The van der Waals surface area contributed by atoms with E-state index in [1.807, 2.05) is 13.8 Å². The smallest absolute Gasteiger partial charge is 0.247 e. The molecule has 0 bridgehead atoms. The Balaban J connectivity index is 2.02. The first-order valence-corrected chi connectivity index (χ1v) is 13.3. The standard InChI is InChI=1S/C25H36N2O5S/c1-5-25(29)26(4)16-23-18(2)15-27(19(3)17-28)33(30,31)24-13-12-21(14-22(24)32-23)11-10-20-8-6-7-9-20/h12-14,18-20,23,28H,5-9,15-17H2,1-4H3/t18-,19+,23-/m1/s1. The fraction of sp³-hybridized carbons (Fsp3) is 0.640. The normalized spacial score (nSPS) is 23.9. The number of amides is 1. The van der Waals surface area contributed by atoms with Crippen molar-refractivity contribution in [1.82, 2.24) is 9.21 Å². The summed E-state index contributed by atoms with van der Waals surface area (Å²) in [6.45, 7) is 5.65. The van der Waals surface area contributed by atoms with Gasteiger partial charge < -0.3 is 14.7 Å². The van der Waals surface area contributed by atoms with E-state index in [4.69, 9.17) is 4.74 Å². The zero-order chi connectivity index (χ0) is 24.2. The zero-order valence-corrected chi connectivity index (χ0v) is 20.9. The van der Waals surface area contributed by atoms with Crippen molar-refractivity contribution < 1.29 is 23.1 Å². The van der Waals surface area contributed by atoms with E-state index in [0.717, 1.165) is 12.8 Å². The molecule has 8 heteroatoms. The molecular formula is C25H36N2O5S. The van der Waals surface area contributed by atoms with Crippen LogP contribution in [0.2, 0.25) is 0 Å². The van der Waals surface area contributed by atoms with Crippen molar-refractivity contribution in [3.63, 3.8) is 0 Å². The van der Waals surface area contributed by atoms with E-state index in [-0.39, 0.29) is 35.6 Å². The fourth-order valence-electron chi connectivity index (χ4n) is 4.42. The molecule has 2 aliphatic rings. The molecule has 0 spiro atoms. The van der Waals surface area contributed by atoms with Crippen molar-refractivity contribution in [3.05, 3.63) is 23.8 Å². The van der Waals surface area contributed by atoms with Crippen LogP contribution in [0.25, 0.3) is 0 Å². The molecule has 33 heavy (non-hydrogen) atoms. The van der Waals surface area contributed by atoms with Gasteiger partial charge in [-0.25, -0.2) is 8.42 Å². The molecule has 3 rings (SSSR count). The minimum Gasteiger partial charge on any atom is -0.487 e. The summed E-state index contributed by atoms with van der Waals surface area (Å²) in [6.07, 6.45) is 4.59. The first-order valence-electron chi connectivity index (χ1n) is 11.9. The lowest BCUT2D eigenvalue weighted by Gasteiger charge is -2.37. The Labute approximate surface area is 198 Å². The Bertz CT molecular complexity index is 1010. The largest absolute Gasteiger partial charge is 0.487 e. The summed E-state index contributed by atoms with van der Waals surface area (Å²) in [7, 11) is -2.16. The molecule has 1 aromatic rings. The highest BCUT2D eigenvalue weighted by molar-refractivity contribution is 7.89. The zero-order valence-electron chi connectivity index (χ0n) is 20.1. The van der Waals surface area contributed by atoms with E-state index < -0.39 is 22.2 Å². The molecule has 0 radical (unpaired) electrons. The van der Waals surface area contributed by atoms with Gasteiger partial charge in [0.05, 0.1) is 13.2 Å². The lowest BCUT2D eigenvalue weighted by Crippen LogP contribution is -2.50. The van der Waals surface area contributed by atoms with Crippen LogP contribution in [0.3, 0.4) is 0 Å². The summed E-state index contributed by atoms with van der Waals surface area (Å²) in [6, 6.07) is 4.38. The van der Waals surface area contributed by atoms with Crippen LogP contribution in [0.5, 0.6) is 5.75 Å². The average Bonchev–Trinajstić information content (AvgIpc) is 3.32. The van der Waals surface area contributed by atoms with Crippen molar-refractivity contribution in [2.75, 3.05) is 26.7 Å². The number of aliphatic hydroxyl groups excluding tert-OH is 1. The van der Waals surface area contributed by atoms with E-state index in [2.05, 4.69) is 11.8 Å². The van der Waals surface area contributed by atoms with Crippen molar-refractivity contribution in [1.29, 1.82) is 0 Å². The number of nitrogens with zero attached hydrogens (tertiary/aromatic N) is 2. The maximum Gasteiger partial charge on any atom is 0.247 e. The van der Waals surface area contributed by atoms with Gasteiger partial charge in [-0.05, 0) is 38.0 Å². The van der Waals surface area contributed by atoms with Crippen molar-refractivity contribution in [3.8, 4) is 17.6 Å². The van der Waals surface area contributed by atoms with Crippen molar-refractivity contribution in [2.24, 2.45) is 11.8 Å². The SMILES string of the molecule is CCC(=O)N(C)C[C@H]1Oc2cc(C#CC3CCCC3)ccc2S(=O)(=O)N([C@@H](C)CO)C[C@H]1C. The Kier molecular flexibility index (Phi) is 8.43. The summed E-state index contributed by atoms with van der Waals surface area (Å²) in [4.78, 5) is 13.9. The van der Waals surface area contributed by atoms with E-state index in [1.54, 1.807) is 37.1 Å². The molecule has 1 aliphatic carbocycles. The Morgan fingerprint density at radius 1 is 1.33 bits per heavy atom. The minimum absolute atomic E-state index is 0.00234. The van der Waals surface area contributed by atoms with Gasteiger partial charge in [-0.2, -0.15) is 4.31 Å². The van der Waals surface area contributed by atoms with Gasteiger partial charge in [-0.15, -0.1) is 0 Å². The monoisotopic (exact) mass is 476 g/mol. The summed E-state index contributed by atoms with van der Waals surface area (Å²) in [5.41, 5.74) is 0.711. The maximum atomic E-state index is 13.5. The number of aliphatic hydroxyl groups is 1. The second-order valence-electron chi connectivity index (χ2n) is 9.28. The molecule has 0 saturated heterocycles. The fourth-order valence-corrected chi connectivity index (χ4v) is 6.24. The molecule has 1 aliphatic heterocycles. The number of ether oxygens (including phenoxy) is 1. The maximum absolute atomic E-state index is 13.5. The van der Waals surface area contributed by atoms with Gasteiger partial charge in [0, 0.05) is 43.5 Å². The molecule has 0 aromatic heterocycles. The van der Waals surface area contributed by atoms with Crippen molar-refractivity contribution in [2.45, 2.75) is 69.9 Å². The molecule has 0 unspecified atom stereocenters. The van der Waals surface area contributed by atoms with Crippen LogP contribution in [0.4, 0.5) is 0 Å². The van der Waals surface area contributed by atoms with E-state index in [9.17, 15) is 18.3 Å². The number of fused-ring (bicyclic) bond motifs is 1. The van der Waals surface area contributed by atoms with Gasteiger partial charge in [0.15, 0.2) is 0 Å². The highest BCUT2D eigenvalue weighted by Gasteiger charge is 2.38. The number of carbonyl (C=O) groups is 1. The number of sulfonamides is 1. The van der Waals surface area contributed by atoms with Crippen molar-refractivity contribution >= 4 is 15.9 Å². The summed E-state index contributed by atoms with van der Waals surface area (Å²) in [5, 5.41) is 9.74. The Hall–Kier alpha value is -2.08. The van der Waals surface area contributed by atoms with Crippen LogP contribution in [0.15, 0.2) is 23.1 Å². The molecule has 182 valence electrons. The summed E-state index contributed by atoms with van der Waals surface area (Å²) >= 11 is 0. The van der Waals surface area contributed by atoms with Crippen LogP contribution in [0.1, 0.15) is 58.4 Å². The second kappa shape index (κ2) is 10.9. The summed E-state index contributed by atoms with van der Waals surface area (Å²) < 4.78 is 34.7. The lowest BCUT2D eigenvalue weighted by atomic mass is 10.0. The van der Waals surface area contributed by atoms with Crippen LogP contribution in [-0.2, 0) is 14.8 Å². The number of benzene rings is 1. The van der Waals surface area contributed by atoms with Gasteiger partial charge in [-0.1, -0.05) is 38.5 Å². The van der Waals surface area contributed by atoms with Gasteiger partial charge in [-0.3, -0.25) is 4.79 Å².